The Bertz CT molecular complexity index is 572. The molecule has 21 heavy (non-hydrogen) atoms. The molecular formula is C14H15BrN2O4. The van der Waals surface area contributed by atoms with Gasteiger partial charge in [-0.1, -0.05) is 28.1 Å². The van der Waals surface area contributed by atoms with Crippen LogP contribution in [0.3, 0.4) is 0 Å². The van der Waals surface area contributed by atoms with Crippen LogP contribution in [0.5, 0.6) is 0 Å². The van der Waals surface area contributed by atoms with Crippen LogP contribution < -0.4 is 10.6 Å². The highest BCUT2D eigenvalue weighted by Crippen LogP contribution is 2.12. The molecule has 1 aromatic rings. The highest BCUT2D eigenvalue weighted by Gasteiger charge is 2.18. The van der Waals surface area contributed by atoms with E-state index in [1.807, 2.05) is 29.6 Å². The van der Waals surface area contributed by atoms with Crippen molar-refractivity contribution < 1.29 is 19.1 Å². The number of ether oxygens (including phenoxy) is 1. The van der Waals surface area contributed by atoms with Gasteiger partial charge in [-0.2, -0.15) is 0 Å². The van der Waals surface area contributed by atoms with Crippen molar-refractivity contribution in [3.8, 4) is 0 Å². The van der Waals surface area contributed by atoms with Crippen LogP contribution in [0.15, 0.2) is 34.8 Å². The first-order valence-corrected chi connectivity index (χ1v) is 6.88. The summed E-state index contributed by atoms with van der Waals surface area (Å²) >= 11 is 3.32. The zero-order valence-corrected chi connectivity index (χ0v) is 13.1. The first-order valence-electron chi connectivity index (χ1n) is 6.09. The molecule has 7 heteroatoms. The van der Waals surface area contributed by atoms with Gasteiger partial charge in [-0.05, 0) is 30.7 Å². The van der Waals surface area contributed by atoms with Gasteiger partial charge in [0.15, 0.2) is 6.10 Å². The fraction of sp³-hybridized carbons (Fsp3) is 0.214. The summed E-state index contributed by atoms with van der Waals surface area (Å²) in [7, 11) is 1.38. The standard InChI is InChI=1S/C14H15BrN2O4/c1-9(13(19)17-14(20)16-2)21-12(18)7-6-10-4-3-5-11(15)8-10/h3-9H,1-2H3,(H2,16,17,19,20)/b7-6+/t9-/m1/s1. The van der Waals surface area contributed by atoms with Crippen LogP contribution in [0.25, 0.3) is 6.08 Å². The number of benzene rings is 1. The second kappa shape index (κ2) is 8.21. The van der Waals surface area contributed by atoms with Gasteiger partial charge in [0, 0.05) is 17.6 Å². The molecule has 1 atom stereocenters. The number of carbonyl (C=O) groups is 3. The molecule has 0 heterocycles. The van der Waals surface area contributed by atoms with Crippen LogP contribution in [0.4, 0.5) is 4.79 Å². The largest absolute Gasteiger partial charge is 0.449 e. The summed E-state index contributed by atoms with van der Waals surface area (Å²) in [5.74, 6) is -1.37. The molecular weight excluding hydrogens is 340 g/mol. The fourth-order valence-corrected chi connectivity index (χ4v) is 1.73. The first-order chi connectivity index (χ1) is 9.92. The molecule has 0 saturated heterocycles. The van der Waals surface area contributed by atoms with E-state index in [1.165, 1.54) is 20.0 Å². The summed E-state index contributed by atoms with van der Waals surface area (Å²) < 4.78 is 5.77. The predicted molar refractivity (Wildman–Crippen MR) is 81.3 cm³/mol. The van der Waals surface area contributed by atoms with Crippen LogP contribution in [-0.2, 0) is 14.3 Å². The van der Waals surface area contributed by atoms with Gasteiger partial charge in [-0.15, -0.1) is 0 Å². The number of carbonyl (C=O) groups excluding carboxylic acids is 3. The van der Waals surface area contributed by atoms with Crippen molar-refractivity contribution in [2.45, 2.75) is 13.0 Å². The molecule has 0 spiro atoms. The molecule has 112 valence electrons. The number of nitrogens with one attached hydrogen (secondary N) is 2. The zero-order chi connectivity index (χ0) is 15.8. The molecule has 0 unspecified atom stereocenters. The average Bonchev–Trinajstić information content (AvgIpc) is 2.45. The van der Waals surface area contributed by atoms with Crippen LogP contribution >= 0.6 is 15.9 Å². The maximum Gasteiger partial charge on any atom is 0.331 e. The lowest BCUT2D eigenvalue weighted by molar-refractivity contribution is -0.149. The molecule has 0 aliphatic heterocycles. The van der Waals surface area contributed by atoms with Crippen molar-refractivity contribution in [2.24, 2.45) is 0 Å². The Balaban J connectivity index is 2.53. The van der Waals surface area contributed by atoms with E-state index in [0.717, 1.165) is 10.0 Å². The van der Waals surface area contributed by atoms with Gasteiger partial charge in [0.05, 0.1) is 0 Å². The minimum atomic E-state index is -1.07. The van der Waals surface area contributed by atoms with E-state index in [9.17, 15) is 14.4 Å². The van der Waals surface area contributed by atoms with Gasteiger partial charge in [-0.3, -0.25) is 10.1 Å². The number of urea groups is 1. The van der Waals surface area contributed by atoms with E-state index in [-0.39, 0.29) is 0 Å². The van der Waals surface area contributed by atoms with Crippen LogP contribution in [0.2, 0.25) is 0 Å². The van der Waals surface area contributed by atoms with Gasteiger partial charge in [0.2, 0.25) is 0 Å². The topological polar surface area (TPSA) is 84.5 Å². The Morgan fingerprint density at radius 3 is 2.67 bits per heavy atom. The van der Waals surface area contributed by atoms with Crippen molar-refractivity contribution in [1.82, 2.24) is 10.6 Å². The van der Waals surface area contributed by atoms with E-state index in [2.05, 4.69) is 21.2 Å². The quantitative estimate of drug-likeness (QED) is 0.638. The molecule has 0 aliphatic rings. The van der Waals surface area contributed by atoms with Crippen molar-refractivity contribution in [3.63, 3.8) is 0 Å². The number of imide groups is 1. The maximum absolute atomic E-state index is 11.6. The van der Waals surface area contributed by atoms with E-state index >= 15 is 0 Å². The van der Waals surface area contributed by atoms with E-state index < -0.39 is 24.0 Å². The highest BCUT2D eigenvalue weighted by molar-refractivity contribution is 9.10. The highest BCUT2D eigenvalue weighted by atomic mass is 79.9. The minimum absolute atomic E-state index is 0.660. The molecule has 0 radical (unpaired) electrons. The lowest BCUT2D eigenvalue weighted by Gasteiger charge is -2.11. The molecule has 6 nitrogen and oxygen atoms in total. The second-order valence-corrected chi connectivity index (χ2v) is 4.95. The molecule has 0 aromatic heterocycles. The van der Waals surface area contributed by atoms with Crippen molar-refractivity contribution in [2.75, 3.05) is 7.05 Å². The zero-order valence-electron chi connectivity index (χ0n) is 11.6. The lowest BCUT2D eigenvalue weighted by atomic mass is 10.2. The molecule has 1 aromatic carbocycles. The second-order valence-electron chi connectivity index (χ2n) is 4.04. The monoisotopic (exact) mass is 354 g/mol. The smallest absolute Gasteiger partial charge is 0.331 e. The van der Waals surface area contributed by atoms with Crippen molar-refractivity contribution >= 4 is 39.9 Å². The summed E-state index contributed by atoms with van der Waals surface area (Å²) in [6.07, 6.45) is 1.71. The van der Waals surface area contributed by atoms with Gasteiger partial charge in [0.25, 0.3) is 5.91 Å². The Morgan fingerprint density at radius 1 is 1.33 bits per heavy atom. The molecule has 0 bridgehead atoms. The number of rotatable bonds is 4. The average molecular weight is 355 g/mol. The van der Waals surface area contributed by atoms with Crippen molar-refractivity contribution in [3.05, 3.63) is 40.4 Å². The summed E-state index contributed by atoms with van der Waals surface area (Å²) in [6, 6.07) is 6.67. The van der Waals surface area contributed by atoms with Crippen molar-refractivity contribution in [1.29, 1.82) is 0 Å². The predicted octanol–water partition coefficient (Wildman–Crippen LogP) is 1.85. The van der Waals surface area contributed by atoms with Gasteiger partial charge < -0.3 is 10.1 Å². The molecule has 1 rings (SSSR count). The molecule has 0 fully saturated rings. The van der Waals surface area contributed by atoms with E-state index in [0.29, 0.717) is 0 Å². The maximum atomic E-state index is 11.6. The summed E-state index contributed by atoms with van der Waals surface area (Å²) in [5.41, 5.74) is 0.809. The lowest BCUT2D eigenvalue weighted by Crippen LogP contribution is -2.43. The van der Waals surface area contributed by atoms with Crippen LogP contribution in [0, 0.1) is 0 Å². The number of hydrogen-bond donors (Lipinski definition) is 2. The molecule has 0 saturated carbocycles. The number of esters is 1. The van der Waals surface area contributed by atoms with E-state index in [1.54, 1.807) is 6.08 Å². The van der Waals surface area contributed by atoms with Crippen LogP contribution in [-0.4, -0.2) is 31.1 Å². The normalized spacial score (nSPS) is 11.8. The summed E-state index contributed by atoms with van der Waals surface area (Å²) in [5, 5.41) is 4.25. The Labute approximate surface area is 130 Å². The third-order valence-corrected chi connectivity index (χ3v) is 2.88. The molecule has 3 amide bonds. The van der Waals surface area contributed by atoms with Gasteiger partial charge >= 0.3 is 12.0 Å². The number of amides is 3. The third kappa shape index (κ3) is 6.22. The Kier molecular flexibility index (Phi) is 6.61. The minimum Gasteiger partial charge on any atom is -0.449 e. The Hall–Kier alpha value is -2.15. The first kappa shape index (κ1) is 16.9. The third-order valence-electron chi connectivity index (χ3n) is 2.39. The van der Waals surface area contributed by atoms with Crippen LogP contribution in [0.1, 0.15) is 12.5 Å². The number of hydrogen-bond acceptors (Lipinski definition) is 4. The molecule has 2 N–H and O–H groups in total. The van der Waals surface area contributed by atoms with Gasteiger partial charge in [-0.25, -0.2) is 9.59 Å². The summed E-state index contributed by atoms with van der Waals surface area (Å²) in [4.78, 5) is 34.0. The van der Waals surface area contributed by atoms with E-state index in [4.69, 9.17) is 4.74 Å². The van der Waals surface area contributed by atoms with Gasteiger partial charge in [0.1, 0.15) is 0 Å². The Morgan fingerprint density at radius 2 is 2.05 bits per heavy atom. The molecule has 0 aliphatic carbocycles. The number of halogens is 1. The SMILES string of the molecule is CNC(=O)NC(=O)[C@@H](C)OC(=O)/C=C/c1cccc(Br)c1. The summed E-state index contributed by atoms with van der Waals surface area (Å²) in [6.45, 7) is 1.38. The fourth-order valence-electron chi connectivity index (χ4n) is 1.32.